The zero-order valence-corrected chi connectivity index (χ0v) is 10.5. The number of ether oxygens (including phenoxy) is 2. The second-order valence-electron chi connectivity index (χ2n) is 4.20. The van der Waals surface area contributed by atoms with Crippen molar-refractivity contribution in [2.24, 2.45) is 0 Å². The van der Waals surface area contributed by atoms with E-state index < -0.39 is 5.97 Å². The molecule has 2 aromatic rings. The lowest BCUT2D eigenvalue weighted by Gasteiger charge is -2.19. The van der Waals surface area contributed by atoms with E-state index in [2.05, 4.69) is 10.5 Å². The number of nitrogens with one attached hydrogen (secondary N) is 1. The minimum Gasteiger partial charge on any atom is -0.486 e. The van der Waals surface area contributed by atoms with Crippen molar-refractivity contribution in [2.75, 3.05) is 18.5 Å². The highest BCUT2D eigenvalue weighted by molar-refractivity contribution is 5.85. The predicted octanol–water partition coefficient (Wildman–Crippen LogP) is 1.76. The highest BCUT2D eigenvalue weighted by Gasteiger charge is 2.13. The van der Waals surface area contributed by atoms with Gasteiger partial charge in [-0.05, 0) is 12.1 Å². The van der Waals surface area contributed by atoms with Gasteiger partial charge in [-0.15, -0.1) is 0 Å². The van der Waals surface area contributed by atoms with Gasteiger partial charge >= 0.3 is 5.97 Å². The van der Waals surface area contributed by atoms with Gasteiger partial charge in [0.1, 0.15) is 13.2 Å². The first kappa shape index (κ1) is 12.3. The lowest BCUT2D eigenvalue weighted by Crippen LogP contribution is -2.15. The van der Waals surface area contributed by atoms with E-state index in [0.717, 1.165) is 11.4 Å². The molecule has 0 spiro atoms. The van der Waals surface area contributed by atoms with Gasteiger partial charge in [0, 0.05) is 17.8 Å². The van der Waals surface area contributed by atoms with E-state index in [0.29, 0.717) is 31.3 Å². The fourth-order valence-corrected chi connectivity index (χ4v) is 1.84. The molecule has 1 aromatic heterocycles. The Kier molecular flexibility index (Phi) is 3.16. The summed E-state index contributed by atoms with van der Waals surface area (Å²) in [5.74, 6) is 0.733. The topological polar surface area (TPSA) is 93.8 Å². The molecular weight excluding hydrogens is 264 g/mol. The number of nitrogens with zero attached hydrogens (tertiary/aromatic N) is 1. The van der Waals surface area contributed by atoms with Crippen LogP contribution in [0.1, 0.15) is 16.2 Å². The molecule has 20 heavy (non-hydrogen) atoms. The Morgan fingerprint density at radius 1 is 1.25 bits per heavy atom. The number of rotatable bonds is 4. The van der Waals surface area contributed by atoms with E-state index in [9.17, 15) is 4.79 Å². The first-order valence-corrected chi connectivity index (χ1v) is 6.05. The molecule has 0 unspecified atom stereocenters. The molecule has 0 saturated heterocycles. The van der Waals surface area contributed by atoms with Gasteiger partial charge in [-0.25, -0.2) is 4.79 Å². The first-order valence-electron chi connectivity index (χ1n) is 6.05. The number of fused-ring (bicyclic) bond motifs is 1. The molecular formula is C13H12N2O5. The molecule has 0 saturated carbocycles. The number of carbonyl (C=O) groups is 1. The van der Waals surface area contributed by atoms with Crippen LogP contribution >= 0.6 is 0 Å². The van der Waals surface area contributed by atoms with Crippen LogP contribution in [0.25, 0.3) is 0 Å². The highest BCUT2D eigenvalue weighted by Crippen LogP contribution is 2.32. The van der Waals surface area contributed by atoms with Crippen LogP contribution in [0.5, 0.6) is 11.5 Å². The Hall–Kier alpha value is -2.70. The van der Waals surface area contributed by atoms with Crippen molar-refractivity contribution < 1.29 is 23.9 Å². The lowest BCUT2D eigenvalue weighted by molar-refractivity contribution is 0.0685. The molecule has 1 aromatic carbocycles. The van der Waals surface area contributed by atoms with Gasteiger partial charge in [0.2, 0.25) is 0 Å². The van der Waals surface area contributed by atoms with E-state index in [1.807, 2.05) is 18.2 Å². The van der Waals surface area contributed by atoms with Gasteiger partial charge in [-0.3, -0.25) is 0 Å². The van der Waals surface area contributed by atoms with Gasteiger partial charge in [0.25, 0.3) is 0 Å². The summed E-state index contributed by atoms with van der Waals surface area (Å²) in [6, 6.07) is 6.87. The van der Waals surface area contributed by atoms with Crippen molar-refractivity contribution >= 4 is 11.7 Å². The Balaban J connectivity index is 1.67. The van der Waals surface area contributed by atoms with Gasteiger partial charge < -0.3 is 24.4 Å². The van der Waals surface area contributed by atoms with Crippen molar-refractivity contribution in [3.63, 3.8) is 0 Å². The van der Waals surface area contributed by atoms with Gasteiger partial charge in [-0.1, -0.05) is 5.16 Å². The molecule has 2 N–H and O–H groups in total. The number of aromatic nitrogens is 1. The summed E-state index contributed by atoms with van der Waals surface area (Å²) in [6.45, 7) is 1.41. The van der Waals surface area contributed by atoms with Crippen LogP contribution < -0.4 is 14.8 Å². The predicted molar refractivity (Wildman–Crippen MR) is 68.2 cm³/mol. The molecule has 0 amide bonds. The third-order valence-corrected chi connectivity index (χ3v) is 2.79. The Morgan fingerprint density at radius 3 is 2.80 bits per heavy atom. The second kappa shape index (κ2) is 5.12. The molecule has 1 aliphatic rings. The molecule has 2 heterocycles. The molecule has 104 valence electrons. The van der Waals surface area contributed by atoms with E-state index in [4.69, 9.17) is 19.1 Å². The number of hydrogen-bond acceptors (Lipinski definition) is 6. The zero-order chi connectivity index (χ0) is 13.9. The number of anilines is 1. The minimum absolute atomic E-state index is 0.107. The molecule has 0 aliphatic carbocycles. The van der Waals surface area contributed by atoms with Crippen molar-refractivity contribution in [3.8, 4) is 11.5 Å². The second-order valence-corrected chi connectivity index (χ2v) is 4.20. The Bertz CT molecular complexity index is 637. The van der Waals surface area contributed by atoms with Crippen LogP contribution in [0.2, 0.25) is 0 Å². The fraction of sp³-hybridized carbons (Fsp3) is 0.231. The minimum atomic E-state index is -1.11. The van der Waals surface area contributed by atoms with Crippen LogP contribution in [-0.2, 0) is 6.54 Å². The average Bonchev–Trinajstić information content (AvgIpc) is 2.94. The average molecular weight is 276 g/mol. The number of hydrogen-bond donors (Lipinski definition) is 2. The summed E-state index contributed by atoms with van der Waals surface area (Å²) in [4.78, 5) is 10.7. The SMILES string of the molecule is O=C(O)c1cc(CNc2ccc3c(c2)OCCO3)on1. The molecule has 7 nitrogen and oxygen atoms in total. The maximum Gasteiger partial charge on any atom is 0.358 e. The van der Waals surface area contributed by atoms with Crippen LogP contribution in [-0.4, -0.2) is 29.4 Å². The summed E-state index contributed by atoms with van der Waals surface area (Å²) in [5.41, 5.74) is 0.714. The number of aromatic carboxylic acids is 1. The Labute approximate surface area is 114 Å². The first-order chi connectivity index (χ1) is 9.72. The van der Waals surface area contributed by atoms with Gasteiger partial charge in [-0.2, -0.15) is 0 Å². The third-order valence-electron chi connectivity index (χ3n) is 2.79. The molecule has 0 atom stereocenters. The normalized spacial score (nSPS) is 13.0. The molecule has 1 aliphatic heterocycles. The molecule has 0 radical (unpaired) electrons. The third kappa shape index (κ3) is 2.51. The summed E-state index contributed by atoms with van der Waals surface area (Å²) < 4.78 is 15.8. The van der Waals surface area contributed by atoms with Crippen LogP contribution in [0, 0.1) is 0 Å². The summed E-state index contributed by atoms with van der Waals surface area (Å²) in [6.07, 6.45) is 0. The maximum absolute atomic E-state index is 10.7. The van der Waals surface area contributed by atoms with E-state index in [1.54, 1.807) is 0 Å². The molecule has 7 heteroatoms. The summed E-state index contributed by atoms with van der Waals surface area (Å²) in [5, 5.41) is 15.3. The van der Waals surface area contributed by atoms with E-state index in [1.165, 1.54) is 6.07 Å². The smallest absolute Gasteiger partial charge is 0.358 e. The Morgan fingerprint density at radius 2 is 2.05 bits per heavy atom. The van der Waals surface area contributed by atoms with Crippen molar-refractivity contribution in [3.05, 3.63) is 35.7 Å². The van der Waals surface area contributed by atoms with Crippen LogP contribution in [0.4, 0.5) is 5.69 Å². The molecule has 0 fully saturated rings. The molecule has 3 rings (SSSR count). The fourth-order valence-electron chi connectivity index (χ4n) is 1.84. The summed E-state index contributed by atoms with van der Waals surface area (Å²) in [7, 11) is 0. The number of carboxylic acids is 1. The maximum atomic E-state index is 10.7. The van der Waals surface area contributed by atoms with Crippen LogP contribution in [0.3, 0.4) is 0 Å². The number of carboxylic acid groups (broad SMARTS) is 1. The van der Waals surface area contributed by atoms with E-state index in [-0.39, 0.29) is 5.69 Å². The van der Waals surface area contributed by atoms with Crippen molar-refractivity contribution in [2.45, 2.75) is 6.54 Å². The largest absolute Gasteiger partial charge is 0.486 e. The monoisotopic (exact) mass is 276 g/mol. The molecule has 0 bridgehead atoms. The zero-order valence-electron chi connectivity index (χ0n) is 10.5. The highest BCUT2D eigenvalue weighted by atomic mass is 16.6. The number of benzene rings is 1. The quantitative estimate of drug-likeness (QED) is 0.878. The van der Waals surface area contributed by atoms with Gasteiger partial charge in [0.05, 0.1) is 6.54 Å². The van der Waals surface area contributed by atoms with Crippen molar-refractivity contribution in [1.82, 2.24) is 5.16 Å². The van der Waals surface area contributed by atoms with Crippen LogP contribution in [0.15, 0.2) is 28.8 Å². The standard InChI is InChI=1S/C13H12N2O5/c16-13(17)10-6-9(20-15-10)7-14-8-1-2-11-12(5-8)19-4-3-18-11/h1-2,5-6,14H,3-4,7H2,(H,16,17). The lowest BCUT2D eigenvalue weighted by atomic mass is 10.2. The van der Waals surface area contributed by atoms with Gasteiger partial charge in [0.15, 0.2) is 23.0 Å². The summed E-state index contributed by atoms with van der Waals surface area (Å²) >= 11 is 0. The van der Waals surface area contributed by atoms with E-state index >= 15 is 0 Å². The van der Waals surface area contributed by atoms with Crippen molar-refractivity contribution in [1.29, 1.82) is 0 Å².